The van der Waals surface area contributed by atoms with E-state index in [2.05, 4.69) is 0 Å². The van der Waals surface area contributed by atoms with Crippen LogP contribution in [0, 0.1) is 5.92 Å². The van der Waals surface area contributed by atoms with Crippen LogP contribution in [0.1, 0.15) is 32.6 Å². The van der Waals surface area contributed by atoms with Crippen LogP contribution in [0.25, 0.3) is 0 Å². The van der Waals surface area contributed by atoms with Crippen LogP contribution >= 0.6 is 0 Å². The van der Waals surface area contributed by atoms with Crippen molar-refractivity contribution in [2.24, 2.45) is 5.92 Å². The third-order valence-corrected chi connectivity index (χ3v) is 4.33. The summed E-state index contributed by atoms with van der Waals surface area (Å²) in [6, 6.07) is 0. The molecule has 17 heavy (non-hydrogen) atoms. The zero-order valence-corrected chi connectivity index (χ0v) is 10.9. The molecule has 1 N–H and O–H groups in total. The van der Waals surface area contributed by atoms with Gasteiger partial charge in [-0.2, -0.15) is 0 Å². The molecule has 0 bridgehead atoms. The van der Waals surface area contributed by atoms with Gasteiger partial charge in [-0.25, -0.2) is 0 Å². The molecule has 2 aliphatic rings. The fourth-order valence-corrected chi connectivity index (χ4v) is 3.11. The third-order valence-electron chi connectivity index (χ3n) is 4.33. The van der Waals surface area contributed by atoms with Gasteiger partial charge in [-0.3, -0.25) is 0 Å². The van der Waals surface area contributed by atoms with Crippen molar-refractivity contribution in [3.63, 3.8) is 0 Å². The molecule has 0 aliphatic carbocycles. The second kappa shape index (κ2) is 5.22. The van der Waals surface area contributed by atoms with Crippen LogP contribution in [0.3, 0.4) is 0 Å². The van der Waals surface area contributed by atoms with Crippen molar-refractivity contribution in [3.8, 4) is 0 Å². The van der Waals surface area contributed by atoms with Gasteiger partial charge in [0.2, 0.25) is 0 Å². The summed E-state index contributed by atoms with van der Waals surface area (Å²) in [7, 11) is 1.65. The monoisotopic (exact) mass is 244 g/mol. The molecule has 0 amide bonds. The Morgan fingerprint density at radius 3 is 2.88 bits per heavy atom. The van der Waals surface area contributed by atoms with Crippen molar-refractivity contribution in [1.82, 2.24) is 0 Å². The van der Waals surface area contributed by atoms with Crippen molar-refractivity contribution in [2.45, 2.75) is 43.8 Å². The second-order valence-corrected chi connectivity index (χ2v) is 5.41. The fraction of sp³-hybridized carbons (Fsp3) is 1.00. The van der Waals surface area contributed by atoms with Gasteiger partial charge in [-0.05, 0) is 25.2 Å². The van der Waals surface area contributed by atoms with Gasteiger partial charge in [0.1, 0.15) is 0 Å². The van der Waals surface area contributed by atoms with E-state index in [1.807, 2.05) is 6.92 Å². The topological polar surface area (TPSA) is 47.9 Å². The number of rotatable bonds is 4. The molecule has 2 heterocycles. The maximum Gasteiger partial charge on any atom is 0.0940 e. The Morgan fingerprint density at radius 1 is 1.47 bits per heavy atom. The van der Waals surface area contributed by atoms with Crippen LogP contribution in [0.15, 0.2) is 0 Å². The van der Waals surface area contributed by atoms with E-state index in [0.717, 1.165) is 38.9 Å². The van der Waals surface area contributed by atoms with Crippen LogP contribution in [0.5, 0.6) is 0 Å². The minimum absolute atomic E-state index is 0.139. The lowest BCUT2D eigenvalue weighted by Crippen LogP contribution is -2.50. The van der Waals surface area contributed by atoms with E-state index in [0.29, 0.717) is 13.2 Å². The maximum atomic E-state index is 10.7. The summed E-state index contributed by atoms with van der Waals surface area (Å²) in [6.45, 7) is 4.61. The smallest absolute Gasteiger partial charge is 0.0940 e. The number of ether oxygens (including phenoxy) is 3. The van der Waals surface area contributed by atoms with Crippen LogP contribution in [-0.2, 0) is 14.2 Å². The molecule has 0 aromatic rings. The third kappa shape index (κ3) is 2.65. The average molecular weight is 244 g/mol. The lowest BCUT2D eigenvalue weighted by Gasteiger charge is -2.44. The maximum absolute atomic E-state index is 10.7. The number of hydrogen-bond donors (Lipinski definition) is 1. The molecule has 2 rings (SSSR count). The van der Waals surface area contributed by atoms with Crippen molar-refractivity contribution < 1.29 is 19.3 Å². The minimum Gasteiger partial charge on any atom is -0.387 e. The van der Waals surface area contributed by atoms with Crippen molar-refractivity contribution in [2.75, 3.05) is 33.5 Å². The molecule has 0 aromatic heterocycles. The van der Waals surface area contributed by atoms with Crippen LogP contribution in [0.2, 0.25) is 0 Å². The lowest BCUT2D eigenvalue weighted by molar-refractivity contribution is -0.158. The Hall–Kier alpha value is -0.160. The van der Waals surface area contributed by atoms with Gasteiger partial charge in [0.05, 0.1) is 24.4 Å². The molecule has 1 spiro atoms. The molecule has 4 nitrogen and oxygen atoms in total. The molecule has 2 aliphatic heterocycles. The second-order valence-electron chi connectivity index (χ2n) is 5.41. The van der Waals surface area contributed by atoms with Gasteiger partial charge >= 0.3 is 0 Å². The summed E-state index contributed by atoms with van der Waals surface area (Å²) in [6.07, 6.45) is 3.48. The summed E-state index contributed by atoms with van der Waals surface area (Å²) in [4.78, 5) is 0. The molecule has 4 heteroatoms. The standard InChI is InChI=1S/C13H24O4/c1-3-13(14,10-15-2)11-4-6-17-12(8-11)5-7-16-9-12/h11,14H,3-10H2,1-2H3. The molecule has 3 atom stereocenters. The van der Waals surface area contributed by atoms with E-state index in [-0.39, 0.29) is 11.5 Å². The molecule has 0 saturated carbocycles. The lowest BCUT2D eigenvalue weighted by atomic mass is 9.74. The van der Waals surface area contributed by atoms with E-state index in [9.17, 15) is 5.11 Å². The molecule has 3 unspecified atom stereocenters. The molecule has 0 radical (unpaired) electrons. The molecule has 0 aromatic carbocycles. The zero-order valence-electron chi connectivity index (χ0n) is 10.9. The van der Waals surface area contributed by atoms with Gasteiger partial charge in [0, 0.05) is 26.7 Å². The van der Waals surface area contributed by atoms with E-state index in [1.54, 1.807) is 7.11 Å². The van der Waals surface area contributed by atoms with Crippen LogP contribution in [0.4, 0.5) is 0 Å². The van der Waals surface area contributed by atoms with Gasteiger partial charge in [-0.1, -0.05) is 6.92 Å². The highest BCUT2D eigenvalue weighted by molar-refractivity contribution is 4.97. The summed E-state index contributed by atoms with van der Waals surface area (Å²) in [5.74, 6) is 0.253. The first-order chi connectivity index (χ1) is 8.14. The Kier molecular flexibility index (Phi) is 4.08. The predicted molar refractivity (Wildman–Crippen MR) is 64.0 cm³/mol. The van der Waals surface area contributed by atoms with E-state index < -0.39 is 5.60 Å². The first kappa shape index (κ1) is 13.3. The molecule has 2 fully saturated rings. The van der Waals surface area contributed by atoms with Crippen molar-refractivity contribution in [3.05, 3.63) is 0 Å². The SMILES string of the molecule is CCC(O)(COC)C1CCOC2(CCOC2)C1. The molecule has 2 saturated heterocycles. The van der Waals surface area contributed by atoms with E-state index in [1.165, 1.54) is 0 Å². The van der Waals surface area contributed by atoms with E-state index >= 15 is 0 Å². The predicted octanol–water partition coefficient (Wildman–Crippen LogP) is 1.36. The fourth-order valence-electron chi connectivity index (χ4n) is 3.11. The van der Waals surface area contributed by atoms with E-state index in [4.69, 9.17) is 14.2 Å². The number of aliphatic hydroxyl groups is 1. The highest BCUT2D eigenvalue weighted by Crippen LogP contribution is 2.41. The quantitative estimate of drug-likeness (QED) is 0.811. The number of methoxy groups -OCH3 is 1. The minimum atomic E-state index is -0.714. The van der Waals surface area contributed by atoms with Gasteiger partial charge in [0.25, 0.3) is 0 Å². The summed E-state index contributed by atoms with van der Waals surface area (Å²) in [5.41, 5.74) is -0.853. The highest BCUT2D eigenvalue weighted by Gasteiger charge is 2.47. The van der Waals surface area contributed by atoms with Gasteiger partial charge in [-0.15, -0.1) is 0 Å². The first-order valence-corrected chi connectivity index (χ1v) is 6.57. The summed E-state index contributed by atoms with van der Waals surface area (Å²) < 4.78 is 16.5. The van der Waals surface area contributed by atoms with Gasteiger partial charge in [0.15, 0.2) is 0 Å². The molecule has 100 valence electrons. The largest absolute Gasteiger partial charge is 0.387 e. The van der Waals surface area contributed by atoms with Crippen molar-refractivity contribution in [1.29, 1.82) is 0 Å². The van der Waals surface area contributed by atoms with Gasteiger partial charge < -0.3 is 19.3 Å². The Balaban J connectivity index is 2.05. The summed E-state index contributed by atoms with van der Waals surface area (Å²) in [5, 5.41) is 10.7. The zero-order chi connectivity index (χ0) is 12.4. The Morgan fingerprint density at radius 2 is 2.29 bits per heavy atom. The first-order valence-electron chi connectivity index (χ1n) is 6.57. The summed E-state index contributed by atoms with van der Waals surface area (Å²) >= 11 is 0. The van der Waals surface area contributed by atoms with Crippen LogP contribution in [-0.4, -0.2) is 49.8 Å². The van der Waals surface area contributed by atoms with Crippen molar-refractivity contribution >= 4 is 0 Å². The average Bonchev–Trinajstić information content (AvgIpc) is 2.77. The molecular weight excluding hydrogens is 220 g/mol. The molecular formula is C13H24O4. The normalized spacial score (nSPS) is 37.2. The van der Waals surface area contributed by atoms with Crippen LogP contribution < -0.4 is 0 Å². The Bertz CT molecular complexity index is 250. The number of hydrogen-bond acceptors (Lipinski definition) is 4. The highest BCUT2D eigenvalue weighted by atomic mass is 16.6. The Labute approximate surface area is 103 Å².